The molecule has 2 aromatic rings. The minimum absolute atomic E-state index is 0.134. The molecule has 7 nitrogen and oxygen atoms in total. The molecular weight excluding hydrogens is 306 g/mol. The molecule has 3 amide bonds. The van der Waals surface area contributed by atoms with E-state index in [1.807, 2.05) is 19.9 Å². The molecule has 0 atom stereocenters. The first-order valence-corrected chi connectivity index (χ1v) is 7.76. The fraction of sp³-hybridized carbons (Fsp3) is 0.294. The van der Waals surface area contributed by atoms with Gasteiger partial charge in [-0.1, -0.05) is 6.07 Å². The number of hydrogen-bond acceptors (Lipinski definition) is 4. The van der Waals surface area contributed by atoms with Crippen molar-refractivity contribution in [3.8, 4) is 0 Å². The second-order valence-electron chi connectivity index (χ2n) is 5.72. The van der Waals surface area contributed by atoms with E-state index in [0.717, 1.165) is 16.9 Å². The third kappa shape index (κ3) is 3.34. The van der Waals surface area contributed by atoms with Crippen molar-refractivity contribution < 1.29 is 9.59 Å². The van der Waals surface area contributed by atoms with Gasteiger partial charge >= 0.3 is 6.03 Å². The number of aryl methyl sites for hydroxylation is 2. The highest BCUT2D eigenvalue weighted by Crippen LogP contribution is 2.23. The highest BCUT2D eigenvalue weighted by Gasteiger charge is 2.23. The molecule has 24 heavy (non-hydrogen) atoms. The Labute approximate surface area is 140 Å². The molecule has 0 bridgehead atoms. The molecule has 1 aromatic heterocycles. The summed E-state index contributed by atoms with van der Waals surface area (Å²) in [5, 5.41) is 5.59. The molecule has 7 heteroatoms. The summed E-state index contributed by atoms with van der Waals surface area (Å²) in [5.74, 6) is -0.210. The average molecular weight is 325 g/mol. The van der Waals surface area contributed by atoms with Crippen molar-refractivity contribution in [2.24, 2.45) is 0 Å². The van der Waals surface area contributed by atoms with Crippen LogP contribution in [-0.4, -0.2) is 35.0 Å². The normalized spacial score (nSPS) is 13.8. The fourth-order valence-electron chi connectivity index (χ4n) is 2.53. The largest absolute Gasteiger partial charge is 0.346 e. The van der Waals surface area contributed by atoms with Crippen LogP contribution >= 0.6 is 0 Å². The van der Waals surface area contributed by atoms with Gasteiger partial charge in [-0.25, -0.2) is 4.79 Å². The van der Waals surface area contributed by atoms with E-state index in [4.69, 9.17) is 0 Å². The molecule has 0 saturated carbocycles. The monoisotopic (exact) mass is 325 g/mol. The van der Waals surface area contributed by atoms with E-state index in [2.05, 4.69) is 20.6 Å². The maximum absolute atomic E-state index is 12.4. The molecule has 1 fully saturated rings. The topological polar surface area (TPSA) is 87.2 Å². The number of rotatable bonds is 4. The Morgan fingerprint density at radius 3 is 2.79 bits per heavy atom. The Kier molecular flexibility index (Phi) is 4.41. The maximum Gasteiger partial charge on any atom is 0.322 e. The molecule has 0 unspecified atom stereocenters. The Hall–Kier alpha value is -2.96. The minimum atomic E-state index is -0.210. The van der Waals surface area contributed by atoms with E-state index in [9.17, 15) is 9.59 Å². The molecule has 1 saturated heterocycles. The molecule has 0 spiro atoms. The van der Waals surface area contributed by atoms with Crippen molar-refractivity contribution in [3.63, 3.8) is 0 Å². The van der Waals surface area contributed by atoms with Crippen molar-refractivity contribution >= 4 is 17.6 Å². The van der Waals surface area contributed by atoms with Crippen molar-refractivity contribution in [1.29, 1.82) is 0 Å². The summed E-state index contributed by atoms with van der Waals surface area (Å²) in [6.07, 6.45) is 3.31. The molecule has 1 aliphatic rings. The number of carbonyl (C=O) groups excluding carboxylic acids is 2. The van der Waals surface area contributed by atoms with Gasteiger partial charge in [-0.2, -0.15) is 0 Å². The Balaban J connectivity index is 1.73. The summed E-state index contributed by atoms with van der Waals surface area (Å²) in [5.41, 5.74) is 3.74. The minimum Gasteiger partial charge on any atom is -0.346 e. The lowest BCUT2D eigenvalue weighted by molar-refractivity contribution is 0.0950. The predicted octanol–water partition coefficient (Wildman–Crippen LogP) is 1.55. The SMILES string of the molecule is Cc1cnc(CNC(=O)c2ccc(C)c(N3CCNC3=O)c2)cn1. The van der Waals surface area contributed by atoms with Crippen LogP contribution in [-0.2, 0) is 6.54 Å². The van der Waals surface area contributed by atoms with Gasteiger partial charge in [0.15, 0.2) is 0 Å². The lowest BCUT2D eigenvalue weighted by atomic mass is 10.1. The lowest BCUT2D eigenvalue weighted by Gasteiger charge is -2.18. The number of nitrogens with zero attached hydrogens (tertiary/aromatic N) is 3. The zero-order valence-electron chi connectivity index (χ0n) is 13.7. The molecule has 2 heterocycles. The van der Waals surface area contributed by atoms with Gasteiger partial charge in [0.05, 0.1) is 24.1 Å². The summed E-state index contributed by atoms with van der Waals surface area (Å²) in [4.78, 5) is 34.2. The second kappa shape index (κ2) is 6.66. The van der Waals surface area contributed by atoms with Crippen LogP contribution in [0.4, 0.5) is 10.5 Å². The van der Waals surface area contributed by atoms with Crippen molar-refractivity contribution in [2.45, 2.75) is 20.4 Å². The van der Waals surface area contributed by atoms with Crippen LogP contribution < -0.4 is 15.5 Å². The van der Waals surface area contributed by atoms with E-state index >= 15 is 0 Å². The molecule has 1 aromatic carbocycles. The van der Waals surface area contributed by atoms with Crippen LogP contribution in [0.3, 0.4) is 0 Å². The number of amides is 3. The summed E-state index contributed by atoms with van der Waals surface area (Å²) in [6, 6.07) is 5.21. The lowest BCUT2D eigenvalue weighted by Crippen LogP contribution is -2.29. The van der Waals surface area contributed by atoms with Gasteiger partial charge < -0.3 is 10.6 Å². The number of aromatic nitrogens is 2. The zero-order valence-corrected chi connectivity index (χ0v) is 13.7. The second-order valence-corrected chi connectivity index (χ2v) is 5.72. The Bertz CT molecular complexity index is 773. The molecule has 2 N–H and O–H groups in total. The standard InChI is InChI=1S/C17H19N5O2/c1-11-3-4-13(7-15(11)22-6-5-18-17(22)24)16(23)21-10-14-9-19-12(2)8-20-14/h3-4,7-9H,5-6,10H2,1-2H3,(H,18,24)(H,21,23). The number of carbonyl (C=O) groups is 2. The van der Waals surface area contributed by atoms with Gasteiger partial charge in [-0.05, 0) is 31.5 Å². The molecule has 3 rings (SSSR count). The van der Waals surface area contributed by atoms with E-state index in [1.54, 1.807) is 29.4 Å². The van der Waals surface area contributed by atoms with Gasteiger partial charge in [0.2, 0.25) is 0 Å². The van der Waals surface area contributed by atoms with Crippen molar-refractivity contribution in [1.82, 2.24) is 20.6 Å². The van der Waals surface area contributed by atoms with Crippen molar-refractivity contribution in [2.75, 3.05) is 18.0 Å². The summed E-state index contributed by atoms with van der Waals surface area (Å²) in [6.45, 7) is 5.30. The van der Waals surface area contributed by atoms with E-state index in [1.165, 1.54) is 0 Å². The third-order valence-electron chi connectivity index (χ3n) is 3.88. The third-order valence-corrected chi connectivity index (χ3v) is 3.88. The van der Waals surface area contributed by atoms with Crippen LogP contribution in [0.15, 0.2) is 30.6 Å². The zero-order chi connectivity index (χ0) is 17.1. The van der Waals surface area contributed by atoms with Gasteiger partial charge in [-0.15, -0.1) is 0 Å². The predicted molar refractivity (Wildman–Crippen MR) is 89.9 cm³/mol. The van der Waals surface area contributed by atoms with Gasteiger partial charge in [0.25, 0.3) is 5.91 Å². The number of hydrogen-bond donors (Lipinski definition) is 2. The molecule has 124 valence electrons. The van der Waals surface area contributed by atoms with Gasteiger partial charge in [-0.3, -0.25) is 19.7 Å². The number of benzene rings is 1. The van der Waals surface area contributed by atoms with Crippen LogP contribution in [0.2, 0.25) is 0 Å². The van der Waals surface area contributed by atoms with Crippen LogP contribution in [0.25, 0.3) is 0 Å². The molecule has 0 aliphatic carbocycles. The van der Waals surface area contributed by atoms with E-state index in [-0.39, 0.29) is 11.9 Å². The van der Waals surface area contributed by atoms with Crippen LogP contribution in [0.5, 0.6) is 0 Å². The van der Waals surface area contributed by atoms with E-state index < -0.39 is 0 Å². The summed E-state index contributed by atoms with van der Waals surface area (Å²) < 4.78 is 0. The number of urea groups is 1. The first-order chi connectivity index (χ1) is 11.5. The highest BCUT2D eigenvalue weighted by atomic mass is 16.2. The van der Waals surface area contributed by atoms with Gasteiger partial charge in [0.1, 0.15) is 0 Å². The quantitative estimate of drug-likeness (QED) is 0.893. The highest BCUT2D eigenvalue weighted by molar-refractivity contribution is 5.99. The summed E-state index contributed by atoms with van der Waals surface area (Å²) >= 11 is 0. The Morgan fingerprint density at radius 2 is 2.12 bits per heavy atom. The fourth-order valence-corrected chi connectivity index (χ4v) is 2.53. The average Bonchev–Trinajstić information content (AvgIpc) is 3.00. The first kappa shape index (κ1) is 15.9. The van der Waals surface area contributed by atoms with Crippen LogP contribution in [0, 0.1) is 13.8 Å². The summed E-state index contributed by atoms with van der Waals surface area (Å²) in [7, 11) is 0. The van der Waals surface area contributed by atoms with Crippen molar-refractivity contribution in [3.05, 3.63) is 53.1 Å². The Morgan fingerprint density at radius 1 is 1.29 bits per heavy atom. The molecule has 1 aliphatic heterocycles. The number of anilines is 1. The molecule has 0 radical (unpaired) electrons. The first-order valence-electron chi connectivity index (χ1n) is 7.76. The maximum atomic E-state index is 12.4. The van der Waals surface area contributed by atoms with Gasteiger partial charge in [0, 0.05) is 30.5 Å². The van der Waals surface area contributed by atoms with E-state index in [0.29, 0.717) is 30.9 Å². The van der Waals surface area contributed by atoms with Crippen LogP contribution in [0.1, 0.15) is 27.3 Å². The number of nitrogens with one attached hydrogen (secondary N) is 2. The molecular formula is C17H19N5O2. The smallest absolute Gasteiger partial charge is 0.322 e.